The number of sulfonamides is 1. The summed E-state index contributed by atoms with van der Waals surface area (Å²) in [6, 6.07) is 5.68. The molecule has 0 amide bonds. The first-order valence-electron chi connectivity index (χ1n) is 8.00. The fraction of sp³-hybridized carbons (Fsp3) is 0.562. The van der Waals surface area contributed by atoms with Crippen molar-refractivity contribution in [2.75, 3.05) is 19.8 Å². The Balaban J connectivity index is 2.67. The van der Waals surface area contributed by atoms with E-state index in [2.05, 4.69) is 4.72 Å². The molecule has 136 valence electrons. The van der Waals surface area contributed by atoms with Crippen LogP contribution in [0.3, 0.4) is 0 Å². The van der Waals surface area contributed by atoms with E-state index in [0.717, 1.165) is 12.8 Å². The Kier molecular flexibility index (Phi) is 8.73. The number of nitrogens with one attached hydrogen (secondary N) is 1. The fourth-order valence-electron chi connectivity index (χ4n) is 2.01. The van der Waals surface area contributed by atoms with Gasteiger partial charge in [0.15, 0.2) is 0 Å². The highest BCUT2D eigenvalue weighted by Crippen LogP contribution is 2.18. The first-order chi connectivity index (χ1) is 11.4. The summed E-state index contributed by atoms with van der Waals surface area (Å²) in [6.07, 6.45) is 1.63. The molecule has 0 radical (unpaired) electrons. The maximum absolute atomic E-state index is 12.4. The van der Waals surface area contributed by atoms with Crippen molar-refractivity contribution in [2.45, 2.75) is 44.0 Å². The lowest BCUT2D eigenvalue weighted by molar-refractivity contribution is -0.143. The Hall–Kier alpha value is -1.64. The van der Waals surface area contributed by atoms with Crippen molar-refractivity contribution >= 4 is 16.0 Å². The minimum absolute atomic E-state index is 0.0254. The van der Waals surface area contributed by atoms with Crippen LogP contribution >= 0.6 is 0 Å². The molecule has 24 heavy (non-hydrogen) atoms. The number of carbonyl (C=O) groups excluding carboxylic acids is 1. The molecule has 8 heteroatoms. The summed E-state index contributed by atoms with van der Waals surface area (Å²) < 4.78 is 37.6. The molecular formula is C16H26N2O5S. The minimum atomic E-state index is -3.74. The number of unbranched alkanes of at least 4 members (excludes halogenated alkanes) is 1. The van der Waals surface area contributed by atoms with Gasteiger partial charge in [-0.3, -0.25) is 4.79 Å². The van der Waals surface area contributed by atoms with Crippen LogP contribution in [0, 0.1) is 0 Å². The van der Waals surface area contributed by atoms with Crippen LogP contribution in [0.4, 0.5) is 0 Å². The van der Waals surface area contributed by atoms with Crippen molar-refractivity contribution < 1.29 is 22.7 Å². The lowest BCUT2D eigenvalue weighted by Crippen LogP contribution is -2.34. The van der Waals surface area contributed by atoms with Crippen LogP contribution in [0.2, 0.25) is 0 Å². The van der Waals surface area contributed by atoms with E-state index in [1.54, 1.807) is 26.0 Å². The number of hydrogen-bond acceptors (Lipinski definition) is 6. The molecular weight excluding hydrogens is 332 g/mol. The van der Waals surface area contributed by atoms with Gasteiger partial charge in [-0.1, -0.05) is 6.07 Å². The number of esters is 1. The zero-order valence-electron chi connectivity index (χ0n) is 14.2. The lowest BCUT2D eigenvalue weighted by Gasteiger charge is -2.14. The zero-order valence-corrected chi connectivity index (χ0v) is 15.0. The van der Waals surface area contributed by atoms with Gasteiger partial charge in [0.05, 0.1) is 24.5 Å². The van der Waals surface area contributed by atoms with E-state index in [9.17, 15) is 13.2 Å². The van der Waals surface area contributed by atoms with Gasteiger partial charge in [0.1, 0.15) is 5.75 Å². The van der Waals surface area contributed by atoms with E-state index in [1.807, 2.05) is 0 Å². The highest BCUT2D eigenvalue weighted by Gasteiger charge is 2.20. The van der Waals surface area contributed by atoms with Crippen molar-refractivity contribution in [3.8, 4) is 5.75 Å². The number of carbonyl (C=O) groups is 1. The molecule has 1 rings (SSSR count). The quantitative estimate of drug-likeness (QED) is 0.458. The number of ether oxygens (including phenoxy) is 2. The van der Waals surface area contributed by atoms with Gasteiger partial charge < -0.3 is 15.2 Å². The smallest absolute Gasteiger partial charge is 0.307 e. The number of benzene rings is 1. The summed E-state index contributed by atoms with van der Waals surface area (Å²) in [5.74, 6) is 0.0395. The molecule has 0 aliphatic carbocycles. The molecule has 0 fully saturated rings. The second-order valence-corrected chi connectivity index (χ2v) is 7.06. The number of nitrogens with two attached hydrogens (primary N) is 1. The summed E-state index contributed by atoms with van der Waals surface area (Å²) in [7, 11) is -3.74. The molecule has 0 bridgehead atoms. The second-order valence-electron chi connectivity index (χ2n) is 5.35. The standard InChI is InChI=1S/C16H26N2O5S/c1-3-22-16(19)11-13(2)18-24(20,21)15-8-6-7-14(12-15)23-10-5-4-9-17/h6-8,12-13,18H,3-5,9-11,17H2,1-2H3. The molecule has 0 aliphatic heterocycles. The van der Waals surface area contributed by atoms with Crippen molar-refractivity contribution in [3.63, 3.8) is 0 Å². The van der Waals surface area contributed by atoms with Crippen LogP contribution in [0.25, 0.3) is 0 Å². The van der Waals surface area contributed by atoms with Crippen LogP contribution in [-0.4, -0.2) is 40.2 Å². The molecule has 0 saturated heterocycles. The van der Waals surface area contributed by atoms with Crippen molar-refractivity contribution in [2.24, 2.45) is 5.73 Å². The lowest BCUT2D eigenvalue weighted by atomic mass is 10.3. The van der Waals surface area contributed by atoms with Crippen LogP contribution in [0.5, 0.6) is 5.75 Å². The third-order valence-corrected chi connectivity index (χ3v) is 4.70. The predicted molar refractivity (Wildman–Crippen MR) is 91.3 cm³/mol. The van der Waals surface area contributed by atoms with Gasteiger partial charge in [0.2, 0.25) is 10.0 Å². The first-order valence-corrected chi connectivity index (χ1v) is 9.48. The van der Waals surface area contributed by atoms with Crippen LogP contribution < -0.4 is 15.2 Å². The van der Waals surface area contributed by atoms with Crippen molar-refractivity contribution in [1.82, 2.24) is 4.72 Å². The van der Waals surface area contributed by atoms with E-state index in [0.29, 0.717) is 18.9 Å². The van der Waals surface area contributed by atoms with Gasteiger partial charge in [-0.15, -0.1) is 0 Å². The number of rotatable bonds is 11. The first kappa shape index (κ1) is 20.4. The van der Waals surface area contributed by atoms with Crippen molar-refractivity contribution in [3.05, 3.63) is 24.3 Å². The topological polar surface area (TPSA) is 108 Å². The van der Waals surface area contributed by atoms with E-state index < -0.39 is 22.0 Å². The SMILES string of the molecule is CCOC(=O)CC(C)NS(=O)(=O)c1cccc(OCCCCN)c1. The number of hydrogen-bond donors (Lipinski definition) is 2. The highest BCUT2D eigenvalue weighted by molar-refractivity contribution is 7.89. The molecule has 0 heterocycles. The Morgan fingerprint density at radius 3 is 2.75 bits per heavy atom. The summed E-state index contributed by atoms with van der Waals surface area (Å²) in [5, 5.41) is 0. The molecule has 0 saturated carbocycles. The van der Waals surface area contributed by atoms with E-state index >= 15 is 0 Å². The summed E-state index contributed by atoms with van der Waals surface area (Å²) in [4.78, 5) is 11.5. The third-order valence-electron chi connectivity index (χ3n) is 3.12. The second kappa shape index (κ2) is 10.3. The summed E-state index contributed by atoms with van der Waals surface area (Å²) in [6.45, 7) is 4.66. The molecule has 0 aromatic heterocycles. The summed E-state index contributed by atoms with van der Waals surface area (Å²) in [5.41, 5.74) is 5.41. The predicted octanol–water partition coefficient (Wildman–Crippen LogP) is 1.42. The Morgan fingerprint density at radius 1 is 1.33 bits per heavy atom. The molecule has 3 N–H and O–H groups in total. The molecule has 7 nitrogen and oxygen atoms in total. The molecule has 1 aromatic carbocycles. The Morgan fingerprint density at radius 2 is 2.08 bits per heavy atom. The molecule has 0 aliphatic rings. The molecule has 0 spiro atoms. The summed E-state index contributed by atoms with van der Waals surface area (Å²) >= 11 is 0. The van der Waals surface area contributed by atoms with E-state index in [-0.39, 0.29) is 17.9 Å². The van der Waals surface area contributed by atoms with Crippen LogP contribution in [0.15, 0.2) is 29.2 Å². The molecule has 1 atom stereocenters. The van der Waals surface area contributed by atoms with E-state index in [4.69, 9.17) is 15.2 Å². The molecule has 1 aromatic rings. The largest absolute Gasteiger partial charge is 0.494 e. The zero-order chi connectivity index (χ0) is 18.0. The average molecular weight is 358 g/mol. The van der Waals surface area contributed by atoms with Crippen LogP contribution in [-0.2, 0) is 19.6 Å². The van der Waals surface area contributed by atoms with Gasteiger partial charge in [0, 0.05) is 12.1 Å². The van der Waals surface area contributed by atoms with Gasteiger partial charge in [-0.2, -0.15) is 0 Å². The maximum atomic E-state index is 12.4. The highest BCUT2D eigenvalue weighted by atomic mass is 32.2. The normalized spacial score (nSPS) is 12.6. The van der Waals surface area contributed by atoms with Gasteiger partial charge in [-0.25, -0.2) is 13.1 Å². The monoisotopic (exact) mass is 358 g/mol. The Labute approximate surface area is 143 Å². The van der Waals surface area contributed by atoms with E-state index in [1.165, 1.54) is 12.1 Å². The minimum Gasteiger partial charge on any atom is -0.494 e. The average Bonchev–Trinajstić information content (AvgIpc) is 2.51. The Bertz CT molecular complexity index is 619. The maximum Gasteiger partial charge on any atom is 0.307 e. The van der Waals surface area contributed by atoms with Crippen molar-refractivity contribution in [1.29, 1.82) is 0 Å². The van der Waals surface area contributed by atoms with Crippen LogP contribution in [0.1, 0.15) is 33.1 Å². The molecule has 1 unspecified atom stereocenters. The third kappa shape index (κ3) is 7.29. The van der Waals surface area contributed by atoms with Gasteiger partial charge in [-0.05, 0) is 45.4 Å². The van der Waals surface area contributed by atoms with Gasteiger partial charge in [0.25, 0.3) is 0 Å². The van der Waals surface area contributed by atoms with Gasteiger partial charge >= 0.3 is 5.97 Å². The fourth-order valence-corrected chi connectivity index (χ4v) is 3.29.